The van der Waals surface area contributed by atoms with Gasteiger partial charge in [-0.3, -0.25) is 4.57 Å². The number of fused-ring (bicyclic) bond motifs is 1. The number of thioether (sulfide) groups is 1. The summed E-state index contributed by atoms with van der Waals surface area (Å²) in [5.74, 6) is 0. The molecular formula is C18H25N3S. The van der Waals surface area contributed by atoms with Gasteiger partial charge in [-0.05, 0) is 42.7 Å². The third-order valence-electron chi connectivity index (χ3n) is 2.86. The minimum Gasteiger partial charge on any atom is -0.399 e. The molecule has 0 saturated heterocycles. The van der Waals surface area contributed by atoms with Crippen LogP contribution in [0.2, 0.25) is 0 Å². The van der Waals surface area contributed by atoms with Gasteiger partial charge in [-0.2, -0.15) is 0 Å². The number of anilines is 1. The van der Waals surface area contributed by atoms with Crippen LogP contribution < -0.4 is 5.73 Å². The van der Waals surface area contributed by atoms with Gasteiger partial charge in [-0.1, -0.05) is 51.6 Å². The number of nitrogens with zero attached hydrogens (tertiary/aromatic N) is 2. The maximum atomic E-state index is 5.73. The highest BCUT2D eigenvalue weighted by Crippen LogP contribution is 2.26. The largest absolute Gasteiger partial charge is 0.399 e. The highest BCUT2D eigenvalue weighted by atomic mass is 32.2. The number of aromatic nitrogens is 2. The van der Waals surface area contributed by atoms with E-state index >= 15 is 0 Å². The molecule has 0 bridgehead atoms. The summed E-state index contributed by atoms with van der Waals surface area (Å²) in [6, 6.07) is 16.0. The van der Waals surface area contributed by atoms with Crippen LogP contribution in [0.5, 0.6) is 0 Å². The molecular weight excluding hydrogens is 290 g/mol. The summed E-state index contributed by atoms with van der Waals surface area (Å²) in [6.07, 6.45) is 2.04. The molecule has 118 valence electrons. The van der Waals surface area contributed by atoms with E-state index in [9.17, 15) is 0 Å². The normalized spacial score (nSPS) is 9.50. The minimum atomic E-state index is 0.772. The van der Waals surface area contributed by atoms with E-state index < -0.39 is 0 Å². The molecule has 0 fully saturated rings. The summed E-state index contributed by atoms with van der Waals surface area (Å²) in [5.41, 5.74) is 9.72. The predicted molar refractivity (Wildman–Crippen MR) is 100.0 cm³/mol. The Morgan fingerprint density at radius 3 is 2.09 bits per heavy atom. The Kier molecular flexibility index (Phi) is 7.54. The molecule has 0 aliphatic rings. The Bertz CT molecular complexity index is 687. The Labute approximate surface area is 137 Å². The summed E-state index contributed by atoms with van der Waals surface area (Å²) in [7, 11) is 0. The third kappa shape index (κ3) is 3.83. The van der Waals surface area contributed by atoms with E-state index in [0.717, 1.165) is 27.6 Å². The molecule has 1 heterocycles. The first-order chi connectivity index (χ1) is 10.8. The van der Waals surface area contributed by atoms with Crippen LogP contribution in [0.3, 0.4) is 0 Å². The third-order valence-corrected chi connectivity index (χ3v) is 3.50. The zero-order chi connectivity index (χ0) is 16.5. The Hall–Kier alpha value is -1.94. The SMILES string of the molecule is CC.CC.CSc1nc2ccccc2n1-c1ccc(N)cc1. The number of benzene rings is 2. The number of nitrogen functional groups attached to an aromatic ring is 1. The van der Waals surface area contributed by atoms with Gasteiger partial charge in [0.05, 0.1) is 11.0 Å². The molecule has 2 aromatic carbocycles. The van der Waals surface area contributed by atoms with E-state index in [4.69, 9.17) is 5.73 Å². The smallest absolute Gasteiger partial charge is 0.173 e. The number of rotatable bonds is 2. The first kappa shape index (κ1) is 18.1. The number of hydrogen-bond acceptors (Lipinski definition) is 3. The van der Waals surface area contributed by atoms with Crippen molar-refractivity contribution in [1.82, 2.24) is 9.55 Å². The van der Waals surface area contributed by atoms with Gasteiger partial charge in [0, 0.05) is 11.4 Å². The van der Waals surface area contributed by atoms with Crippen molar-refractivity contribution in [2.75, 3.05) is 12.0 Å². The zero-order valence-electron chi connectivity index (χ0n) is 14.0. The van der Waals surface area contributed by atoms with Crippen molar-refractivity contribution in [3.63, 3.8) is 0 Å². The molecule has 0 saturated carbocycles. The van der Waals surface area contributed by atoms with Gasteiger partial charge >= 0.3 is 0 Å². The van der Waals surface area contributed by atoms with Crippen LogP contribution in [0.4, 0.5) is 5.69 Å². The topological polar surface area (TPSA) is 43.8 Å². The monoisotopic (exact) mass is 315 g/mol. The number of nitrogens with two attached hydrogens (primary N) is 1. The fourth-order valence-electron chi connectivity index (χ4n) is 2.01. The van der Waals surface area contributed by atoms with Gasteiger partial charge in [0.15, 0.2) is 5.16 Å². The fraction of sp³-hybridized carbons (Fsp3) is 0.278. The first-order valence-corrected chi connectivity index (χ1v) is 8.89. The van der Waals surface area contributed by atoms with Gasteiger partial charge in [0.1, 0.15) is 0 Å². The molecule has 3 rings (SSSR count). The lowest BCUT2D eigenvalue weighted by molar-refractivity contribution is 0.922. The Morgan fingerprint density at radius 2 is 1.50 bits per heavy atom. The Morgan fingerprint density at radius 1 is 0.909 bits per heavy atom. The number of hydrogen-bond donors (Lipinski definition) is 1. The van der Waals surface area contributed by atoms with Crippen LogP contribution >= 0.6 is 11.8 Å². The number of para-hydroxylation sites is 2. The first-order valence-electron chi connectivity index (χ1n) is 7.67. The molecule has 0 radical (unpaired) electrons. The van der Waals surface area contributed by atoms with E-state index in [-0.39, 0.29) is 0 Å². The van der Waals surface area contributed by atoms with Crippen molar-refractivity contribution in [3.05, 3.63) is 48.5 Å². The summed E-state index contributed by atoms with van der Waals surface area (Å²) in [5, 5.41) is 0.987. The van der Waals surface area contributed by atoms with Gasteiger partial charge in [-0.25, -0.2) is 4.98 Å². The standard InChI is InChI=1S/C14H13N3S.2C2H6/c1-18-14-16-12-4-2-3-5-13(12)17(14)11-8-6-10(15)7-9-11;2*1-2/h2-9H,15H2,1H3;2*1-2H3. The minimum absolute atomic E-state index is 0.772. The second-order valence-corrected chi connectivity index (χ2v) is 4.79. The molecule has 0 aliphatic carbocycles. The van der Waals surface area contributed by atoms with E-state index in [1.165, 1.54) is 0 Å². The van der Waals surface area contributed by atoms with E-state index in [0.29, 0.717) is 0 Å². The lowest BCUT2D eigenvalue weighted by Gasteiger charge is -2.07. The van der Waals surface area contributed by atoms with Crippen molar-refractivity contribution in [2.45, 2.75) is 32.9 Å². The molecule has 0 atom stereocenters. The van der Waals surface area contributed by atoms with Crippen LogP contribution in [-0.2, 0) is 0 Å². The fourth-order valence-corrected chi connectivity index (χ4v) is 2.59. The molecule has 2 N–H and O–H groups in total. The van der Waals surface area contributed by atoms with Crippen molar-refractivity contribution in [3.8, 4) is 5.69 Å². The van der Waals surface area contributed by atoms with Gasteiger partial charge in [0.25, 0.3) is 0 Å². The van der Waals surface area contributed by atoms with E-state index in [2.05, 4.69) is 15.6 Å². The zero-order valence-corrected chi connectivity index (χ0v) is 14.8. The molecule has 0 spiro atoms. The van der Waals surface area contributed by atoms with Crippen molar-refractivity contribution < 1.29 is 0 Å². The molecule has 3 nitrogen and oxygen atoms in total. The second kappa shape index (κ2) is 9.15. The lowest BCUT2D eigenvalue weighted by Crippen LogP contribution is -1.96. The van der Waals surface area contributed by atoms with E-state index in [1.807, 2.05) is 76.4 Å². The molecule has 22 heavy (non-hydrogen) atoms. The average molecular weight is 315 g/mol. The van der Waals surface area contributed by atoms with E-state index in [1.54, 1.807) is 11.8 Å². The highest BCUT2D eigenvalue weighted by Gasteiger charge is 2.10. The number of imidazole rings is 1. The Balaban J connectivity index is 0.000000561. The maximum Gasteiger partial charge on any atom is 0.173 e. The maximum absolute atomic E-state index is 5.73. The van der Waals surface area contributed by atoms with Crippen LogP contribution in [0, 0.1) is 0 Å². The molecule has 0 aliphatic heterocycles. The van der Waals surface area contributed by atoms with Crippen LogP contribution in [-0.4, -0.2) is 15.8 Å². The van der Waals surface area contributed by atoms with Gasteiger partial charge in [-0.15, -0.1) is 0 Å². The summed E-state index contributed by atoms with van der Waals surface area (Å²) in [6.45, 7) is 8.00. The van der Waals surface area contributed by atoms with Crippen molar-refractivity contribution in [2.24, 2.45) is 0 Å². The summed E-state index contributed by atoms with van der Waals surface area (Å²) in [4.78, 5) is 4.62. The van der Waals surface area contributed by atoms with Crippen LogP contribution in [0.15, 0.2) is 53.7 Å². The van der Waals surface area contributed by atoms with Crippen molar-refractivity contribution >= 4 is 28.5 Å². The van der Waals surface area contributed by atoms with Crippen LogP contribution in [0.1, 0.15) is 27.7 Å². The summed E-state index contributed by atoms with van der Waals surface area (Å²) < 4.78 is 2.15. The second-order valence-electron chi connectivity index (χ2n) is 4.01. The van der Waals surface area contributed by atoms with Crippen molar-refractivity contribution in [1.29, 1.82) is 0 Å². The predicted octanol–water partition coefficient (Wildman–Crippen LogP) is 5.38. The highest BCUT2D eigenvalue weighted by molar-refractivity contribution is 7.98. The van der Waals surface area contributed by atoms with Gasteiger partial charge in [0.2, 0.25) is 0 Å². The molecule has 4 heteroatoms. The van der Waals surface area contributed by atoms with Crippen LogP contribution in [0.25, 0.3) is 16.7 Å². The lowest BCUT2D eigenvalue weighted by atomic mass is 10.2. The quantitative estimate of drug-likeness (QED) is 0.510. The summed E-state index contributed by atoms with van der Waals surface area (Å²) >= 11 is 1.64. The molecule has 0 unspecified atom stereocenters. The average Bonchev–Trinajstić information content (AvgIpc) is 2.98. The molecule has 0 amide bonds. The molecule has 1 aromatic heterocycles. The molecule has 3 aromatic rings. The van der Waals surface area contributed by atoms with Gasteiger partial charge < -0.3 is 5.73 Å².